The zero-order chi connectivity index (χ0) is 16.0. The molecule has 0 spiro atoms. The molecule has 0 saturated carbocycles. The van der Waals surface area contributed by atoms with Crippen LogP contribution in [0, 0.1) is 16.0 Å². The highest BCUT2D eigenvalue weighted by molar-refractivity contribution is 8.01. The average Bonchev–Trinajstić information content (AvgIpc) is 2.38. The van der Waals surface area contributed by atoms with Crippen LogP contribution in [-0.4, -0.2) is 32.9 Å². The Balaban J connectivity index is 2.53. The number of thioether (sulfide) groups is 1. The Kier molecular flexibility index (Phi) is 6.16. The van der Waals surface area contributed by atoms with Crippen molar-refractivity contribution >= 4 is 35.0 Å². The number of rotatable bonds is 7. The second-order valence-corrected chi connectivity index (χ2v) is 5.80. The number of carboxylic acids is 1. The number of carbonyl (C=O) groups excluding carboxylic acids is 1. The first-order valence-electron chi connectivity index (χ1n) is 6.20. The van der Waals surface area contributed by atoms with E-state index in [1.165, 1.54) is 24.3 Å². The molecule has 1 atom stereocenters. The summed E-state index contributed by atoms with van der Waals surface area (Å²) in [5.41, 5.74) is 0.371. The molecule has 7 nitrogen and oxygen atoms in total. The molecule has 1 unspecified atom stereocenters. The van der Waals surface area contributed by atoms with Gasteiger partial charge in [0.25, 0.3) is 5.69 Å². The number of amides is 1. The molecule has 1 aromatic rings. The van der Waals surface area contributed by atoms with Gasteiger partial charge in [-0.1, -0.05) is 13.8 Å². The number of nitro groups is 1. The molecular weight excluding hydrogens is 296 g/mol. The molecular formula is C13H16N2O5S. The van der Waals surface area contributed by atoms with Crippen molar-refractivity contribution in [1.29, 1.82) is 0 Å². The summed E-state index contributed by atoms with van der Waals surface area (Å²) in [6.07, 6.45) is 0. The molecule has 0 saturated heterocycles. The third kappa shape index (κ3) is 5.42. The van der Waals surface area contributed by atoms with E-state index in [0.29, 0.717) is 5.69 Å². The fraction of sp³-hybridized carbons (Fsp3) is 0.385. The average molecular weight is 312 g/mol. The van der Waals surface area contributed by atoms with E-state index in [4.69, 9.17) is 5.11 Å². The van der Waals surface area contributed by atoms with Gasteiger partial charge in [-0.05, 0) is 18.1 Å². The maximum atomic E-state index is 11.7. The Morgan fingerprint density at radius 3 is 2.33 bits per heavy atom. The summed E-state index contributed by atoms with van der Waals surface area (Å²) in [7, 11) is 0. The van der Waals surface area contributed by atoms with E-state index in [-0.39, 0.29) is 23.3 Å². The van der Waals surface area contributed by atoms with Crippen molar-refractivity contribution in [3.63, 3.8) is 0 Å². The molecule has 1 rings (SSSR count). The predicted octanol–water partition coefficient (Wildman–Crippen LogP) is 2.38. The summed E-state index contributed by atoms with van der Waals surface area (Å²) in [5, 5.41) is 21.4. The van der Waals surface area contributed by atoms with Crippen LogP contribution in [-0.2, 0) is 9.59 Å². The van der Waals surface area contributed by atoms with E-state index in [2.05, 4.69) is 5.32 Å². The molecule has 0 aromatic heterocycles. The van der Waals surface area contributed by atoms with Crippen LogP contribution in [0.5, 0.6) is 0 Å². The molecule has 8 heteroatoms. The lowest BCUT2D eigenvalue weighted by atomic mass is 10.1. The first-order valence-corrected chi connectivity index (χ1v) is 7.25. The number of non-ortho nitro benzene ring substituents is 1. The van der Waals surface area contributed by atoms with Gasteiger partial charge in [-0.15, -0.1) is 11.8 Å². The SMILES string of the molecule is CC(C)C(SCC(=O)Nc1ccc([N+](=O)[O-])cc1)C(=O)O. The number of nitro benzene ring substituents is 1. The minimum absolute atomic E-state index is 0.00609. The van der Waals surface area contributed by atoms with Gasteiger partial charge in [-0.3, -0.25) is 19.7 Å². The summed E-state index contributed by atoms with van der Waals surface area (Å²) in [4.78, 5) is 32.7. The Bertz CT molecular complexity index is 530. The monoisotopic (exact) mass is 312 g/mol. The maximum Gasteiger partial charge on any atom is 0.316 e. The molecule has 1 amide bonds. The first kappa shape index (κ1) is 17.0. The minimum atomic E-state index is -0.946. The summed E-state index contributed by atoms with van der Waals surface area (Å²) < 4.78 is 0. The standard InChI is InChI=1S/C13H16N2O5S/c1-8(2)12(13(17)18)21-7-11(16)14-9-3-5-10(6-4-9)15(19)20/h3-6,8,12H,7H2,1-2H3,(H,14,16)(H,17,18). The van der Waals surface area contributed by atoms with Crippen molar-refractivity contribution in [2.24, 2.45) is 5.92 Å². The van der Waals surface area contributed by atoms with E-state index in [1.54, 1.807) is 13.8 Å². The minimum Gasteiger partial charge on any atom is -0.480 e. The number of nitrogens with zero attached hydrogens (tertiary/aromatic N) is 1. The van der Waals surface area contributed by atoms with Crippen molar-refractivity contribution in [2.45, 2.75) is 19.1 Å². The largest absolute Gasteiger partial charge is 0.480 e. The lowest BCUT2D eigenvalue weighted by Gasteiger charge is -2.15. The van der Waals surface area contributed by atoms with Crippen LogP contribution in [0.4, 0.5) is 11.4 Å². The molecule has 0 fully saturated rings. The van der Waals surface area contributed by atoms with Crippen LogP contribution in [0.1, 0.15) is 13.8 Å². The number of hydrogen-bond acceptors (Lipinski definition) is 5. The lowest BCUT2D eigenvalue weighted by molar-refractivity contribution is -0.384. The van der Waals surface area contributed by atoms with Crippen LogP contribution in [0.2, 0.25) is 0 Å². The fourth-order valence-electron chi connectivity index (χ4n) is 1.58. The maximum absolute atomic E-state index is 11.7. The van der Waals surface area contributed by atoms with Crippen LogP contribution in [0.25, 0.3) is 0 Å². The van der Waals surface area contributed by atoms with Crippen molar-refractivity contribution in [3.8, 4) is 0 Å². The van der Waals surface area contributed by atoms with E-state index in [9.17, 15) is 19.7 Å². The normalized spacial score (nSPS) is 12.0. The Morgan fingerprint density at radius 2 is 1.90 bits per heavy atom. The molecule has 0 aliphatic rings. The smallest absolute Gasteiger partial charge is 0.316 e. The number of benzene rings is 1. The number of nitrogens with one attached hydrogen (secondary N) is 1. The van der Waals surface area contributed by atoms with Crippen LogP contribution >= 0.6 is 11.8 Å². The van der Waals surface area contributed by atoms with Gasteiger partial charge in [0.2, 0.25) is 5.91 Å². The Labute approximate surface area is 125 Å². The van der Waals surface area contributed by atoms with Gasteiger partial charge in [-0.2, -0.15) is 0 Å². The summed E-state index contributed by atoms with van der Waals surface area (Å²) in [6.45, 7) is 3.56. The highest BCUT2D eigenvalue weighted by Crippen LogP contribution is 2.20. The molecule has 0 aliphatic carbocycles. The molecule has 114 valence electrons. The number of carboxylic acid groups (broad SMARTS) is 1. The predicted molar refractivity (Wildman–Crippen MR) is 80.4 cm³/mol. The van der Waals surface area contributed by atoms with Crippen molar-refractivity contribution in [1.82, 2.24) is 0 Å². The molecule has 0 radical (unpaired) electrons. The first-order chi connectivity index (χ1) is 9.81. The van der Waals surface area contributed by atoms with Gasteiger partial charge in [0, 0.05) is 17.8 Å². The van der Waals surface area contributed by atoms with Crippen LogP contribution in [0.3, 0.4) is 0 Å². The third-order valence-electron chi connectivity index (χ3n) is 2.60. The topological polar surface area (TPSA) is 110 Å². The van der Waals surface area contributed by atoms with E-state index < -0.39 is 16.1 Å². The number of aliphatic carboxylic acids is 1. The van der Waals surface area contributed by atoms with Crippen molar-refractivity contribution < 1.29 is 19.6 Å². The van der Waals surface area contributed by atoms with Crippen molar-refractivity contribution in [2.75, 3.05) is 11.1 Å². The Morgan fingerprint density at radius 1 is 1.33 bits per heavy atom. The molecule has 1 aromatic carbocycles. The van der Waals surface area contributed by atoms with Crippen LogP contribution < -0.4 is 5.32 Å². The molecule has 0 bridgehead atoms. The van der Waals surface area contributed by atoms with Gasteiger partial charge in [-0.25, -0.2) is 0 Å². The molecule has 21 heavy (non-hydrogen) atoms. The second kappa shape index (κ2) is 7.63. The quantitative estimate of drug-likeness (QED) is 0.591. The van der Waals surface area contributed by atoms with Crippen LogP contribution in [0.15, 0.2) is 24.3 Å². The van der Waals surface area contributed by atoms with Gasteiger partial charge in [0.1, 0.15) is 5.25 Å². The summed E-state index contributed by atoms with van der Waals surface area (Å²) in [5.74, 6) is -1.37. The summed E-state index contributed by atoms with van der Waals surface area (Å²) >= 11 is 1.05. The second-order valence-electron chi connectivity index (χ2n) is 4.67. The van der Waals surface area contributed by atoms with Gasteiger partial charge in [0.15, 0.2) is 0 Å². The van der Waals surface area contributed by atoms with Gasteiger partial charge >= 0.3 is 5.97 Å². The molecule has 0 heterocycles. The lowest BCUT2D eigenvalue weighted by Crippen LogP contribution is -2.25. The molecule has 0 aliphatic heterocycles. The van der Waals surface area contributed by atoms with E-state index in [0.717, 1.165) is 11.8 Å². The Hall–Kier alpha value is -2.09. The van der Waals surface area contributed by atoms with Gasteiger partial charge < -0.3 is 10.4 Å². The van der Waals surface area contributed by atoms with E-state index in [1.807, 2.05) is 0 Å². The number of anilines is 1. The van der Waals surface area contributed by atoms with Gasteiger partial charge in [0.05, 0.1) is 10.7 Å². The third-order valence-corrected chi connectivity index (χ3v) is 4.14. The fourth-order valence-corrected chi connectivity index (χ4v) is 2.51. The van der Waals surface area contributed by atoms with E-state index >= 15 is 0 Å². The number of carbonyl (C=O) groups is 2. The number of hydrogen-bond donors (Lipinski definition) is 2. The zero-order valence-corrected chi connectivity index (χ0v) is 12.4. The highest BCUT2D eigenvalue weighted by Gasteiger charge is 2.22. The molecule has 2 N–H and O–H groups in total. The highest BCUT2D eigenvalue weighted by atomic mass is 32.2. The van der Waals surface area contributed by atoms with Crippen molar-refractivity contribution in [3.05, 3.63) is 34.4 Å². The summed E-state index contributed by atoms with van der Waals surface area (Å²) in [6, 6.07) is 5.43. The zero-order valence-electron chi connectivity index (χ0n) is 11.6.